The minimum Gasteiger partial charge on any atom is -0.477 e. The molecule has 1 heterocycles. The van der Waals surface area contributed by atoms with Gasteiger partial charge in [-0.1, -0.05) is 25.3 Å². The van der Waals surface area contributed by atoms with Crippen molar-refractivity contribution in [2.45, 2.75) is 38.0 Å². The van der Waals surface area contributed by atoms with Gasteiger partial charge in [0.1, 0.15) is 5.69 Å². The lowest BCUT2D eigenvalue weighted by atomic mass is 9.86. The third-order valence-electron chi connectivity index (χ3n) is 3.01. The molecule has 0 unspecified atom stereocenters. The Labute approximate surface area is 89.2 Å². The van der Waals surface area contributed by atoms with Crippen LogP contribution in [0.3, 0.4) is 0 Å². The molecule has 80 valence electrons. The number of carbonyl (C=O) groups is 1. The highest BCUT2D eigenvalue weighted by Gasteiger charge is 2.17. The van der Waals surface area contributed by atoms with Crippen molar-refractivity contribution >= 4 is 5.97 Å². The third-order valence-corrected chi connectivity index (χ3v) is 3.01. The summed E-state index contributed by atoms with van der Waals surface area (Å²) in [4.78, 5) is 15.0. The highest BCUT2D eigenvalue weighted by molar-refractivity contribution is 5.85. The molecule has 1 N–H and O–H groups in total. The predicted octanol–water partition coefficient (Wildman–Crippen LogP) is 2.83. The number of hydrogen-bond donors (Lipinski definition) is 1. The van der Waals surface area contributed by atoms with Gasteiger partial charge in [-0.15, -0.1) is 0 Å². The van der Waals surface area contributed by atoms with Crippen LogP contribution in [0.25, 0.3) is 0 Å². The lowest BCUT2D eigenvalue weighted by Crippen LogP contribution is -2.09. The van der Waals surface area contributed by atoms with Crippen molar-refractivity contribution in [3.63, 3.8) is 0 Å². The van der Waals surface area contributed by atoms with Crippen molar-refractivity contribution in [3.05, 3.63) is 29.6 Å². The molecule has 0 spiro atoms. The Bertz CT molecular complexity index is 356. The maximum Gasteiger partial charge on any atom is 0.354 e. The van der Waals surface area contributed by atoms with Crippen LogP contribution in [-0.4, -0.2) is 16.1 Å². The van der Waals surface area contributed by atoms with Crippen LogP contribution in [0.2, 0.25) is 0 Å². The molecule has 2 rings (SSSR count). The highest BCUT2D eigenvalue weighted by atomic mass is 16.4. The van der Waals surface area contributed by atoms with E-state index in [-0.39, 0.29) is 5.69 Å². The number of pyridine rings is 1. The summed E-state index contributed by atoms with van der Waals surface area (Å²) >= 11 is 0. The van der Waals surface area contributed by atoms with Crippen molar-refractivity contribution in [3.8, 4) is 0 Å². The second kappa shape index (κ2) is 4.43. The fraction of sp³-hybridized carbons (Fsp3) is 0.500. The molecular weight excluding hydrogens is 190 g/mol. The minimum atomic E-state index is -0.937. The molecule has 0 saturated heterocycles. The van der Waals surface area contributed by atoms with Crippen LogP contribution in [0.15, 0.2) is 18.2 Å². The standard InChI is InChI=1S/C12H15NO2/c14-12(15)11-8-4-7-10(13-11)9-5-2-1-3-6-9/h4,7-9H,1-3,5-6H2,(H,14,15). The average Bonchev–Trinajstić information content (AvgIpc) is 2.30. The maximum atomic E-state index is 10.8. The zero-order valence-electron chi connectivity index (χ0n) is 8.65. The molecule has 3 nitrogen and oxygen atoms in total. The first kappa shape index (κ1) is 10.1. The van der Waals surface area contributed by atoms with Crippen molar-refractivity contribution < 1.29 is 9.90 Å². The van der Waals surface area contributed by atoms with Gasteiger partial charge in [0.2, 0.25) is 0 Å². The monoisotopic (exact) mass is 205 g/mol. The van der Waals surface area contributed by atoms with Gasteiger partial charge in [0.25, 0.3) is 0 Å². The largest absolute Gasteiger partial charge is 0.477 e. The third kappa shape index (κ3) is 2.35. The fourth-order valence-electron chi connectivity index (χ4n) is 2.20. The Morgan fingerprint density at radius 3 is 2.67 bits per heavy atom. The van der Waals surface area contributed by atoms with Gasteiger partial charge < -0.3 is 5.11 Å². The molecule has 0 aromatic carbocycles. The number of aromatic nitrogens is 1. The number of rotatable bonds is 2. The first-order valence-corrected chi connectivity index (χ1v) is 5.47. The number of carboxylic acids is 1. The van der Waals surface area contributed by atoms with Gasteiger partial charge in [-0.25, -0.2) is 9.78 Å². The number of nitrogens with zero attached hydrogens (tertiary/aromatic N) is 1. The van der Waals surface area contributed by atoms with Crippen molar-refractivity contribution in [1.82, 2.24) is 4.98 Å². The molecule has 0 amide bonds. The van der Waals surface area contributed by atoms with E-state index in [1.165, 1.54) is 19.3 Å². The van der Waals surface area contributed by atoms with E-state index in [9.17, 15) is 4.79 Å². The molecule has 1 fully saturated rings. The molecule has 0 bridgehead atoms. The van der Waals surface area contributed by atoms with Crippen LogP contribution in [-0.2, 0) is 0 Å². The molecule has 1 saturated carbocycles. The number of hydrogen-bond acceptors (Lipinski definition) is 2. The van der Waals surface area contributed by atoms with Crippen molar-refractivity contribution in [2.75, 3.05) is 0 Å². The molecular formula is C12H15NO2. The zero-order chi connectivity index (χ0) is 10.7. The zero-order valence-corrected chi connectivity index (χ0v) is 8.65. The predicted molar refractivity (Wildman–Crippen MR) is 57.0 cm³/mol. The first-order chi connectivity index (χ1) is 7.27. The Kier molecular flexibility index (Phi) is 2.99. The topological polar surface area (TPSA) is 50.2 Å². The second-order valence-electron chi connectivity index (χ2n) is 4.09. The number of aromatic carboxylic acids is 1. The molecule has 0 radical (unpaired) electrons. The molecule has 1 aromatic rings. The Morgan fingerprint density at radius 2 is 2.00 bits per heavy atom. The summed E-state index contributed by atoms with van der Waals surface area (Å²) in [5.41, 5.74) is 1.12. The minimum absolute atomic E-state index is 0.165. The van der Waals surface area contributed by atoms with E-state index in [1.807, 2.05) is 6.07 Å². The first-order valence-electron chi connectivity index (χ1n) is 5.47. The van der Waals surface area contributed by atoms with E-state index in [0.29, 0.717) is 5.92 Å². The molecule has 3 heteroatoms. The van der Waals surface area contributed by atoms with E-state index in [4.69, 9.17) is 5.11 Å². The Hall–Kier alpha value is -1.38. The van der Waals surface area contributed by atoms with Crippen LogP contribution in [0, 0.1) is 0 Å². The van der Waals surface area contributed by atoms with Gasteiger partial charge >= 0.3 is 5.97 Å². The smallest absolute Gasteiger partial charge is 0.354 e. The normalized spacial score (nSPS) is 17.6. The Morgan fingerprint density at radius 1 is 1.27 bits per heavy atom. The summed E-state index contributed by atoms with van der Waals surface area (Å²) in [6.07, 6.45) is 6.08. The van der Waals surface area contributed by atoms with Crippen LogP contribution in [0.5, 0.6) is 0 Å². The van der Waals surface area contributed by atoms with Crippen LogP contribution in [0.4, 0.5) is 0 Å². The molecule has 15 heavy (non-hydrogen) atoms. The van der Waals surface area contributed by atoms with Gasteiger partial charge in [-0.05, 0) is 25.0 Å². The SMILES string of the molecule is O=C(O)c1cccc(C2CCCCC2)n1. The summed E-state index contributed by atoms with van der Waals surface area (Å²) in [6, 6.07) is 5.29. The molecule has 1 aromatic heterocycles. The van der Waals surface area contributed by atoms with Gasteiger partial charge in [-0.3, -0.25) is 0 Å². The van der Waals surface area contributed by atoms with Crippen LogP contribution in [0.1, 0.15) is 54.2 Å². The van der Waals surface area contributed by atoms with E-state index >= 15 is 0 Å². The van der Waals surface area contributed by atoms with Crippen LogP contribution >= 0.6 is 0 Å². The van der Waals surface area contributed by atoms with Crippen LogP contribution < -0.4 is 0 Å². The van der Waals surface area contributed by atoms with E-state index < -0.39 is 5.97 Å². The summed E-state index contributed by atoms with van der Waals surface area (Å²) in [5, 5.41) is 8.85. The lowest BCUT2D eigenvalue weighted by Gasteiger charge is -2.20. The molecule has 0 atom stereocenters. The van der Waals surface area contributed by atoms with Crippen molar-refractivity contribution in [1.29, 1.82) is 0 Å². The Balaban J connectivity index is 2.19. The molecule has 0 aliphatic heterocycles. The quantitative estimate of drug-likeness (QED) is 0.807. The van der Waals surface area contributed by atoms with E-state index in [0.717, 1.165) is 18.5 Å². The van der Waals surface area contributed by atoms with E-state index in [2.05, 4.69) is 4.98 Å². The van der Waals surface area contributed by atoms with Crippen molar-refractivity contribution in [2.24, 2.45) is 0 Å². The maximum absolute atomic E-state index is 10.8. The fourth-order valence-corrected chi connectivity index (χ4v) is 2.20. The summed E-state index contributed by atoms with van der Waals surface area (Å²) in [6.45, 7) is 0. The van der Waals surface area contributed by atoms with Gasteiger partial charge in [0.15, 0.2) is 0 Å². The number of carboxylic acid groups (broad SMARTS) is 1. The lowest BCUT2D eigenvalue weighted by molar-refractivity contribution is 0.0690. The van der Waals surface area contributed by atoms with Gasteiger partial charge in [-0.2, -0.15) is 0 Å². The summed E-state index contributed by atoms with van der Waals surface area (Å²) < 4.78 is 0. The summed E-state index contributed by atoms with van der Waals surface area (Å²) in [7, 11) is 0. The average molecular weight is 205 g/mol. The molecule has 1 aliphatic rings. The highest BCUT2D eigenvalue weighted by Crippen LogP contribution is 2.31. The van der Waals surface area contributed by atoms with Gasteiger partial charge in [0.05, 0.1) is 0 Å². The second-order valence-corrected chi connectivity index (χ2v) is 4.09. The molecule has 1 aliphatic carbocycles. The van der Waals surface area contributed by atoms with E-state index in [1.54, 1.807) is 12.1 Å². The van der Waals surface area contributed by atoms with Gasteiger partial charge in [0, 0.05) is 11.6 Å². The summed E-state index contributed by atoms with van der Waals surface area (Å²) in [5.74, 6) is -0.467.